The van der Waals surface area contributed by atoms with Crippen molar-refractivity contribution in [3.8, 4) is 0 Å². The summed E-state index contributed by atoms with van der Waals surface area (Å²) < 4.78 is 26.5. The Morgan fingerprint density at radius 2 is 1.84 bits per heavy atom. The van der Waals surface area contributed by atoms with E-state index in [1.807, 2.05) is 25.1 Å². The number of amides is 1. The molecule has 0 aliphatic carbocycles. The van der Waals surface area contributed by atoms with Crippen molar-refractivity contribution >= 4 is 33.2 Å². The van der Waals surface area contributed by atoms with Gasteiger partial charge in [0, 0.05) is 18.8 Å². The van der Waals surface area contributed by atoms with Crippen molar-refractivity contribution in [1.29, 1.82) is 0 Å². The summed E-state index contributed by atoms with van der Waals surface area (Å²) in [5.41, 5.74) is 1.73. The molecule has 2 rings (SSSR count). The van der Waals surface area contributed by atoms with Gasteiger partial charge < -0.3 is 5.32 Å². The lowest BCUT2D eigenvalue weighted by Crippen LogP contribution is -2.33. The van der Waals surface area contributed by atoms with Crippen LogP contribution in [-0.2, 0) is 10.0 Å². The van der Waals surface area contributed by atoms with Crippen LogP contribution in [0, 0.1) is 6.92 Å². The van der Waals surface area contributed by atoms with Gasteiger partial charge in [0.2, 0.25) is 10.0 Å². The summed E-state index contributed by atoms with van der Waals surface area (Å²) in [6, 6.07) is 11.2. The minimum Gasteiger partial charge on any atom is -0.322 e. The van der Waals surface area contributed by atoms with E-state index in [0.717, 1.165) is 5.56 Å². The number of benzene rings is 2. The molecule has 0 aromatic heterocycles. The van der Waals surface area contributed by atoms with Crippen LogP contribution in [-0.4, -0.2) is 31.7 Å². The number of sulfonamides is 1. The molecule has 0 atom stereocenters. The van der Waals surface area contributed by atoms with Gasteiger partial charge in [0.25, 0.3) is 5.91 Å². The third-order valence-corrected chi connectivity index (χ3v) is 6.22. The van der Waals surface area contributed by atoms with Gasteiger partial charge in [0.05, 0.1) is 15.5 Å². The molecular weight excluding hydrogens is 360 g/mol. The molecule has 25 heavy (non-hydrogen) atoms. The summed E-state index contributed by atoms with van der Waals surface area (Å²) in [6.45, 7) is 5.47. The van der Waals surface area contributed by atoms with Crippen molar-refractivity contribution in [2.75, 3.05) is 12.4 Å². The number of anilines is 1. The van der Waals surface area contributed by atoms with Gasteiger partial charge >= 0.3 is 0 Å². The number of rotatable bonds is 5. The van der Waals surface area contributed by atoms with E-state index in [-0.39, 0.29) is 21.5 Å². The lowest BCUT2D eigenvalue weighted by atomic mass is 10.2. The van der Waals surface area contributed by atoms with Crippen LogP contribution in [0.4, 0.5) is 5.69 Å². The van der Waals surface area contributed by atoms with Gasteiger partial charge in [-0.3, -0.25) is 4.79 Å². The number of carbonyl (C=O) groups excluding carboxylic acids is 1. The molecule has 0 fully saturated rings. The quantitative estimate of drug-likeness (QED) is 0.854. The highest BCUT2D eigenvalue weighted by Gasteiger charge is 2.25. The van der Waals surface area contributed by atoms with Crippen LogP contribution in [0.25, 0.3) is 0 Å². The van der Waals surface area contributed by atoms with Crippen LogP contribution in [0.2, 0.25) is 5.02 Å². The number of nitrogens with one attached hydrogen (secondary N) is 1. The van der Waals surface area contributed by atoms with E-state index < -0.39 is 15.9 Å². The molecule has 0 aliphatic rings. The van der Waals surface area contributed by atoms with E-state index in [1.54, 1.807) is 19.9 Å². The Balaban J connectivity index is 2.37. The van der Waals surface area contributed by atoms with Gasteiger partial charge in [-0.25, -0.2) is 8.42 Å². The monoisotopic (exact) mass is 380 g/mol. The SMILES string of the molecule is Cc1cccc(NC(=O)c2cc(S(=O)(=O)N(C)C(C)C)ccc2Cl)c1. The van der Waals surface area contributed by atoms with E-state index in [1.165, 1.54) is 29.6 Å². The highest BCUT2D eigenvalue weighted by atomic mass is 35.5. The van der Waals surface area contributed by atoms with Gasteiger partial charge in [0.1, 0.15) is 0 Å². The van der Waals surface area contributed by atoms with E-state index in [9.17, 15) is 13.2 Å². The molecule has 134 valence electrons. The molecule has 0 bridgehead atoms. The number of halogens is 1. The fraction of sp³-hybridized carbons (Fsp3) is 0.278. The van der Waals surface area contributed by atoms with Crippen molar-refractivity contribution in [3.63, 3.8) is 0 Å². The Bertz CT molecular complexity index is 895. The Hall–Kier alpha value is -1.89. The van der Waals surface area contributed by atoms with Crippen molar-refractivity contribution in [1.82, 2.24) is 4.31 Å². The summed E-state index contributed by atoms with van der Waals surface area (Å²) in [7, 11) is -2.19. The maximum absolute atomic E-state index is 12.6. The largest absolute Gasteiger partial charge is 0.322 e. The highest BCUT2D eigenvalue weighted by molar-refractivity contribution is 7.89. The van der Waals surface area contributed by atoms with Crippen LogP contribution in [0.5, 0.6) is 0 Å². The molecule has 0 spiro atoms. The Kier molecular flexibility index (Phi) is 5.87. The highest BCUT2D eigenvalue weighted by Crippen LogP contribution is 2.24. The predicted octanol–water partition coefficient (Wildman–Crippen LogP) is 3.93. The van der Waals surface area contributed by atoms with E-state index in [2.05, 4.69) is 5.32 Å². The molecule has 2 aromatic carbocycles. The summed E-state index contributed by atoms with van der Waals surface area (Å²) in [5.74, 6) is -0.458. The second kappa shape index (κ2) is 7.56. The first-order valence-electron chi connectivity index (χ1n) is 7.78. The second-order valence-corrected chi connectivity index (χ2v) is 8.48. The van der Waals surface area contributed by atoms with Gasteiger partial charge in [-0.1, -0.05) is 23.7 Å². The second-order valence-electron chi connectivity index (χ2n) is 6.08. The van der Waals surface area contributed by atoms with Gasteiger partial charge in [0.15, 0.2) is 0 Å². The fourth-order valence-electron chi connectivity index (χ4n) is 2.20. The Morgan fingerprint density at radius 3 is 2.44 bits per heavy atom. The molecule has 7 heteroatoms. The first kappa shape index (κ1) is 19.4. The van der Waals surface area contributed by atoms with Crippen molar-refractivity contribution in [3.05, 3.63) is 58.6 Å². The molecule has 1 N–H and O–H groups in total. The van der Waals surface area contributed by atoms with Crippen LogP contribution in [0.3, 0.4) is 0 Å². The number of carbonyl (C=O) groups is 1. The lowest BCUT2D eigenvalue weighted by Gasteiger charge is -2.21. The van der Waals surface area contributed by atoms with Crippen molar-refractivity contribution < 1.29 is 13.2 Å². The Morgan fingerprint density at radius 1 is 1.16 bits per heavy atom. The number of hydrogen-bond acceptors (Lipinski definition) is 3. The molecular formula is C18H21ClN2O3S. The minimum atomic E-state index is -3.70. The predicted molar refractivity (Wildman–Crippen MR) is 101 cm³/mol. The van der Waals surface area contributed by atoms with Gasteiger partial charge in [-0.15, -0.1) is 0 Å². The number of aryl methyl sites for hydroxylation is 1. The van der Waals surface area contributed by atoms with E-state index in [4.69, 9.17) is 11.6 Å². The Labute approximate surface area is 153 Å². The summed E-state index contributed by atoms with van der Waals surface area (Å²) in [4.78, 5) is 12.6. The standard InChI is InChI=1S/C18H21ClN2O3S/c1-12(2)21(4)25(23,24)15-8-9-17(19)16(11-15)18(22)20-14-7-5-6-13(3)10-14/h5-12H,1-4H3,(H,20,22). The van der Waals surface area contributed by atoms with Crippen molar-refractivity contribution in [2.24, 2.45) is 0 Å². The zero-order valence-electron chi connectivity index (χ0n) is 14.6. The van der Waals surface area contributed by atoms with Gasteiger partial charge in [-0.2, -0.15) is 4.31 Å². The number of hydrogen-bond donors (Lipinski definition) is 1. The molecule has 0 unspecified atom stereocenters. The third kappa shape index (κ3) is 4.39. The topological polar surface area (TPSA) is 66.5 Å². The van der Waals surface area contributed by atoms with Crippen LogP contribution in [0.1, 0.15) is 29.8 Å². The maximum Gasteiger partial charge on any atom is 0.257 e. The average molecular weight is 381 g/mol. The molecule has 0 heterocycles. The summed E-state index contributed by atoms with van der Waals surface area (Å²) in [5, 5.41) is 2.93. The molecule has 0 aliphatic heterocycles. The smallest absolute Gasteiger partial charge is 0.257 e. The van der Waals surface area contributed by atoms with Gasteiger partial charge in [-0.05, 0) is 56.7 Å². The molecule has 0 radical (unpaired) electrons. The maximum atomic E-state index is 12.6. The minimum absolute atomic E-state index is 0.0301. The molecule has 0 saturated carbocycles. The van der Waals surface area contributed by atoms with Crippen LogP contribution in [0.15, 0.2) is 47.4 Å². The average Bonchev–Trinajstić information content (AvgIpc) is 2.54. The molecule has 1 amide bonds. The van der Waals surface area contributed by atoms with Crippen LogP contribution < -0.4 is 5.32 Å². The third-order valence-electron chi connectivity index (χ3n) is 3.86. The van der Waals surface area contributed by atoms with E-state index >= 15 is 0 Å². The molecule has 5 nitrogen and oxygen atoms in total. The summed E-state index contributed by atoms with van der Waals surface area (Å²) in [6.07, 6.45) is 0. The van der Waals surface area contributed by atoms with E-state index in [0.29, 0.717) is 5.69 Å². The fourth-order valence-corrected chi connectivity index (χ4v) is 3.80. The first-order chi connectivity index (χ1) is 11.6. The first-order valence-corrected chi connectivity index (χ1v) is 9.60. The lowest BCUT2D eigenvalue weighted by molar-refractivity contribution is 0.102. The number of nitrogens with zero attached hydrogens (tertiary/aromatic N) is 1. The zero-order valence-corrected chi connectivity index (χ0v) is 16.1. The normalized spacial score (nSPS) is 11.8. The van der Waals surface area contributed by atoms with Crippen molar-refractivity contribution in [2.45, 2.75) is 31.7 Å². The molecule has 2 aromatic rings. The zero-order chi connectivity index (χ0) is 18.8. The summed E-state index contributed by atoms with van der Waals surface area (Å²) >= 11 is 6.11. The van der Waals surface area contributed by atoms with Crippen LogP contribution >= 0.6 is 11.6 Å². The molecule has 0 saturated heterocycles.